The summed E-state index contributed by atoms with van der Waals surface area (Å²) in [5.74, 6) is 0.0933. The molecule has 16 heavy (non-hydrogen) atoms. The van der Waals surface area contributed by atoms with Crippen molar-refractivity contribution in [3.05, 3.63) is 29.8 Å². The van der Waals surface area contributed by atoms with E-state index in [1.54, 1.807) is 24.3 Å². The van der Waals surface area contributed by atoms with Crippen LogP contribution in [0.2, 0.25) is 0 Å². The lowest BCUT2D eigenvalue weighted by molar-refractivity contribution is -0.113. The third-order valence-electron chi connectivity index (χ3n) is 2.23. The normalized spacial score (nSPS) is 11.9. The van der Waals surface area contributed by atoms with Gasteiger partial charge in [0.25, 0.3) is 0 Å². The predicted molar refractivity (Wildman–Crippen MR) is 64.3 cm³/mol. The van der Waals surface area contributed by atoms with Crippen molar-refractivity contribution >= 4 is 22.5 Å². The average Bonchev–Trinajstić information content (AvgIpc) is 2.25. The highest BCUT2D eigenvalue weighted by Crippen LogP contribution is 2.16. The monoisotopic (exact) mass is 236 g/mol. The van der Waals surface area contributed by atoms with E-state index in [1.807, 2.05) is 19.9 Å². The summed E-state index contributed by atoms with van der Waals surface area (Å²) < 4.78 is 0. The second kappa shape index (κ2) is 5.53. The maximum Gasteiger partial charge on any atom is 0.244 e. The van der Waals surface area contributed by atoms with Gasteiger partial charge in [0.15, 0.2) is 0 Å². The molecule has 0 aliphatic carbocycles. The Hall–Kier alpha value is -1.53. The minimum atomic E-state index is -0.435. The van der Waals surface area contributed by atoms with Gasteiger partial charge in [0.1, 0.15) is 6.04 Å². The van der Waals surface area contributed by atoms with Gasteiger partial charge in [-0.25, -0.2) is 0 Å². The highest BCUT2D eigenvalue weighted by molar-refractivity contribution is 6.65. The molecule has 0 radical (unpaired) electrons. The zero-order chi connectivity index (χ0) is 12.1. The van der Waals surface area contributed by atoms with Gasteiger partial charge in [0.05, 0.1) is 11.6 Å². The van der Waals surface area contributed by atoms with E-state index in [9.17, 15) is 4.79 Å². The number of hydrogen-bond acceptors (Lipinski definition) is 3. The van der Waals surface area contributed by atoms with E-state index >= 15 is 0 Å². The van der Waals surface area contributed by atoms with Crippen molar-refractivity contribution < 1.29 is 4.79 Å². The van der Waals surface area contributed by atoms with Crippen molar-refractivity contribution in [1.29, 1.82) is 5.26 Å². The van der Waals surface area contributed by atoms with Gasteiger partial charge >= 0.3 is 0 Å². The van der Waals surface area contributed by atoms with Crippen LogP contribution in [0.5, 0.6) is 0 Å². The molecule has 1 aromatic rings. The van der Waals surface area contributed by atoms with Crippen LogP contribution in [0, 0.1) is 17.2 Å². The maximum atomic E-state index is 11.2. The summed E-state index contributed by atoms with van der Waals surface area (Å²) in [4.78, 5) is 11.2. The van der Waals surface area contributed by atoms with Gasteiger partial charge < -0.3 is 5.32 Å². The molecule has 0 saturated heterocycles. The zero-order valence-corrected chi connectivity index (χ0v) is 9.95. The number of halogens is 1. The molecule has 0 amide bonds. The lowest BCUT2D eigenvalue weighted by Crippen LogP contribution is -2.31. The Kier molecular flexibility index (Phi) is 4.33. The summed E-state index contributed by atoms with van der Waals surface area (Å²) in [6, 6.07) is 8.57. The van der Waals surface area contributed by atoms with E-state index in [0.717, 1.165) is 5.69 Å². The molecule has 4 heteroatoms. The second-order valence-electron chi connectivity index (χ2n) is 3.86. The lowest BCUT2D eigenvalue weighted by Gasteiger charge is -2.19. The zero-order valence-electron chi connectivity index (χ0n) is 9.20. The first-order chi connectivity index (χ1) is 7.54. The van der Waals surface area contributed by atoms with Crippen molar-refractivity contribution in [3.8, 4) is 6.07 Å². The van der Waals surface area contributed by atoms with Crippen LogP contribution in [0.1, 0.15) is 19.4 Å². The Morgan fingerprint density at radius 1 is 1.50 bits per heavy atom. The molecule has 1 rings (SSSR count). The second-order valence-corrected chi connectivity index (χ2v) is 4.24. The number of anilines is 1. The van der Waals surface area contributed by atoms with E-state index in [0.29, 0.717) is 5.56 Å². The van der Waals surface area contributed by atoms with Crippen molar-refractivity contribution in [2.75, 3.05) is 5.32 Å². The summed E-state index contributed by atoms with van der Waals surface area (Å²) in [7, 11) is 0. The van der Waals surface area contributed by atoms with Gasteiger partial charge in [-0.1, -0.05) is 19.9 Å². The third-order valence-corrected chi connectivity index (χ3v) is 2.46. The largest absolute Gasteiger partial charge is 0.374 e. The van der Waals surface area contributed by atoms with Crippen LogP contribution in [-0.2, 0) is 4.79 Å². The SMILES string of the molecule is CC(C)C(Nc1cccc(C#N)c1)C(=O)Cl. The topological polar surface area (TPSA) is 52.9 Å². The van der Waals surface area contributed by atoms with Gasteiger partial charge in [-0.15, -0.1) is 0 Å². The van der Waals surface area contributed by atoms with E-state index < -0.39 is 11.3 Å². The van der Waals surface area contributed by atoms with Gasteiger partial charge in [0, 0.05) is 5.69 Å². The first kappa shape index (κ1) is 12.5. The van der Waals surface area contributed by atoms with Crippen molar-refractivity contribution in [2.45, 2.75) is 19.9 Å². The number of nitriles is 1. The summed E-state index contributed by atoms with van der Waals surface area (Å²) in [6.07, 6.45) is 0. The molecule has 84 valence electrons. The fourth-order valence-corrected chi connectivity index (χ4v) is 1.65. The number of carbonyl (C=O) groups excluding carboxylic acids is 1. The Morgan fingerprint density at radius 3 is 2.69 bits per heavy atom. The lowest BCUT2D eigenvalue weighted by atomic mass is 10.1. The van der Waals surface area contributed by atoms with Crippen LogP contribution in [0.3, 0.4) is 0 Å². The smallest absolute Gasteiger partial charge is 0.244 e. The number of benzene rings is 1. The molecule has 3 nitrogen and oxygen atoms in total. The standard InChI is InChI=1S/C12H13ClN2O/c1-8(2)11(12(13)16)15-10-5-3-4-9(6-10)7-14/h3-6,8,11,15H,1-2H3. The summed E-state index contributed by atoms with van der Waals surface area (Å²) in [5.41, 5.74) is 1.28. The van der Waals surface area contributed by atoms with E-state index in [4.69, 9.17) is 16.9 Å². The molecule has 1 atom stereocenters. The highest BCUT2D eigenvalue weighted by Gasteiger charge is 2.19. The quantitative estimate of drug-likeness (QED) is 0.818. The number of nitrogens with zero attached hydrogens (tertiary/aromatic N) is 1. The van der Waals surface area contributed by atoms with Gasteiger partial charge in [-0.3, -0.25) is 4.79 Å². The molecule has 0 spiro atoms. The van der Waals surface area contributed by atoms with Crippen LogP contribution >= 0.6 is 11.6 Å². The molecule has 1 N–H and O–H groups in total. The number of nitrogens with one attached hydrogen (secondary N) is 1. The minimum absolute atomic E-state index is 0.0933. The number of carbonyl (C=O) groups is 1. The molecule has 0 bridgehead atoms. The van der Waals surface area contributed by atoms with Crippen LogP contribution in [-0.4, -0.2) is 11.3 Å². The van der Waals surface area contributed by atoms with Crippen LogP contribution in [0.15, 0.2) is 24.3 Å². The van der Waals surface area contributed by atoms with Gasteiger partial charge in [0.2, 0.25) is 5.24 Å². The molecule has 0 aliphatic heterocycles. The first-order valence-corrected chi connectivity index (χ1v) is 5.38. The Bertz CT molecular complexity index is 423. The molecule has 1 aromatic carbocycles. The highest BCUT2D eigenvalue weighted by atomic mass is 35.5. The van der Waals surface area contributed by atoms with Crippen molar-refractivity contribution in [3.63, 3.8) is 0 Å². The van der Waals surface area contributed by atoms with Crippen LogP contribution in [0.4, 0.5) is 5.69 Å². The van der Waals surface area contributed by atoms with E-state index in [1.165, 1.54) is 0 Å². The van der Waals surface area contributed by atoms with E-state index in [-0.39, 0.29) is 5.92 Å². The van der Waals surface area contributed by atoms with Gasteiger partial charge in [-0.05, 0) is 35.7 Å². The van der Waals surface area contributed by atoms with E-state index in [2.05, 4.69) is 5.32 Å². The molecule has 1 unspecified atom stereocenters. The fourth-order valence-electron chi connectivity index (χ4n) is 1.34. The summed E-state index contributed by atoms with van der Waals surface area (Å²) >= 11 is 5.50. The fraction of sp³-hybridized carbons (Fsp3) is 0.333. The van der Waals surface area contributed by atoms with Crippen molar-refractivity contribution in [2.24, 2.45) is 5.92 Å². The maximum absolute atomic E-state index is 11.2. The van der Waals surface area contributed by atoms with Gasteiger partial charge in [-0.2, -0.15) is 5.26 Å². The Morgan fingerprint density at radius 2 is 2.19 bits per heavy atom. The molecular weight excluding hydrogens is 224 g/mol. The average molecular weight is 237 g/mol. The molecule has 0 aromatic heterocycles. The molecule has 0 saturated carbocycles. The number of rotatable bonds is 4. The summed E-state index contributed by atoms with van der Waals surface area (Å²) in [5, 5.41) is 11.3. The van der Waals surface area contributed by atoms with Crippen LogP contribution < -0.4 is 5.32 Å². The molecule has 0 aliphatic rings. The molecule has 0 heterocycles. The predicted octanol–water partition coefficient (Wildman–Crippen LogP) is 2.76. The van der Waals surface area contributed by atoms with Crippen LogP contribution in [0.25, 0.3) is 0 Å². The minimum Gasteiger partial charge on any atom is -0.374 e. The summed E-state index contributed by atoms with van der Waals surface area (Å²) in [6.45, 7) is 3.82. The molecule has 0 fully saturated rings. The third kappa shape index (κ3) is 3.25. The Labute approximate surface area is 100 Å². The van der Waals surface area contributed by atoms with Crippen molar-refractivity contribution in [1.82, 2.24) is 0 Å². The number of hydrogen-bond donors (Lipinski definition) is 1. The molecular formula is C12H13ClN2O. The Balaban J connectivity index is 2.86. The first-order valence-electron chi connectivity index (χ1n) is 5.00.